The third-order valence-electron chi connectivity index (χ3n) is 6.92. The summed E-state index contributed by atoms with van der Waals surface area (Å²) in [5.74, 6) is 0.0575. The van der Waals surface area contributed by atoms with Gasteiger partial charge in [0.1, 0.15) is 5.69 Å². The molecule has 176 valence electrons. The number of carbonyl (C=O) groups excluding carboxylic acids is 2. The van der Waals surface area contributed by atoms with Crippen LogP contribution in [0.3, 0.4) is 0 Å². The number of hydrogen-bond donors (Lipinski definition) is 0. The van der Waals surface area contributed by atoms with Crippen molar-refractivity contribution in [2.45, 2.75) is 51.0 Å². The molecule has 2 aliphatic heterocycles. The molecule has 7 nitrogen and oxygen atoms in total. The number of nitrogens with zero attached hydrogens (tertiary/aromatic N) is 5. The molecule has 0 saturated carbocycles. The summed E-state index contributed by atoms with van der Waals surface area (Å²) in [6.07, 6.45) is 8.94. The standard InChI is InChI=1S/C27H31N5O2/c33-26(30-15-6-2-7-16-30)23-13-9-12-22(19-23)25-20-32(29-28-25)27(34)31-17-8-5-14-24(31)18-21-10-3-1-4-11-21/h1,3-4,9-13,19-20,24H,2,5-8,14-18H2. The Labute approximate surface area is 200 Å². The Bertz CT molecular complexity index is 1140. The molecule has 0 N–H and O–H groups in total. The van der Waals surface area contributed by atoms with Crippen molar-refractivity contribution in [2.75, 3.05) is 19.6 Å². The van der Waals surface area contributed by atoms with E-state index in [2.05, 4.69) is 22.4 Å². The molecule has 0 aliphatic carbocycles. The molecule has 2 fully saturated rings. The predicted octanol–water partition coefficient (Wildman–Crippen LogP) is 4.64. The Morgan fingerprint density at radius 3 is 2.50 bits per heavy atom. The van der Waals surface area contributed by atoms with Gasteiger partial charge in [-0.05, 0) is 62.6 Å². The Morgan fingerprint density at radius 1 is 0.882 bits per heavy atom. The first-order chi connectivity index (χ1) is 16.7. The maximum atomic E-state index is 13.4. The largest absolute Gasteiger partial charge is 0.346 e. The van der Waals surface area contributed by atoms with Crippen LogP contribution in [0.1, 0.15) is 54.4 Å². The molecule has 0 bridgehead atoms. The third-order valence-corrected chi connectivity index (χ3v) is 6.92. The van der Waals surface area contributed by atoms with Crippen LogP contribution in [0, 0.1) is 0 Å². The zero-order valence-corrected chi connectivity index (χ0v) is 19.5. The van der Waals surface area contributed by atoms with Gasteiger partial charge in [-0.2, -0.15) is 4.68 Å². The molecule has 1 aromatic heterocycles. The van der Waals surface area contributed by atoms with Crippen LogP contribution in [-0.2, 0) is 6.42 Å². The van der Waals surface area contributed by atoms with Crippen molar-refractivity contribution in [2.24, 2.45) is 0 Å². The maximum absolute atomic E-state index is 13.4. The molecule has 7 heteroatoms. The van der Waals surface area contributed by atoms with Crippen molar-refractivity contribution >= 4 is 11.9 Å². The minimum atomic E-state index is -0.139. The second-order valence-electron chi connectivity index (χ2n) is 9.30. The molecule has 1 unspecified atom stereocenters. The quantitative estimate of drug-likeness (QED) is 0.572. The van der Waals surface area contributed by atoms with Crippen molar-refractivity contribution in [1.82, 2.24) is 24.8 Å². The molecule has 3 aromatic rings. The van der Waals surface area contributed by atoms with Crippen molar-refractivity contribution in [3.63, 3.8) is 0 Å². The molecule has 1 atom stereocenters. The van der Waals surface area contributed by atoms with Gasteiger partial charge in [0.2, 0.25) is 0 Å². The van der Waals surface area contributed by atoms with Crippen LogP contribution in [0.5, 0.6) is 0 Å². The highest BCUT2D eigenvalue weighted by molar-refractivity contribution is 5.95. The van der Waals surface area contributed by atoms with E-state index in [1.165, 1.54) is 16.7 Å². The maximum Gasteiger partial charge on any atom is 0.346 e. The van der Waals surface area contributed by atoms with E-state index in [0.717, 1.165) is 63.7 Å². The Morgan fingerprint density at radius 2 is 1.68 bits per heavy atom. The first-order valence-electron chi connectivity index (χ1n) is 12.4. The molecule has 34 heavy (non-hydrogen) atoms. The van der Waals surface area contributed by atoms with Crippen LogP contribution in [0.2, 0.25) is 0 Å². The Balaban J connectivity index is 1.32. The summed E-state index contributed by atoms with van der Waals surface area (Å²) in [6.45, 7) is 2.35. The van der Waals surface area contributed by atoms with Gasteiger partial charge in [-0.15, -0.1) is 5.10 Å². The second-order valence-corrected chi connectivity index (χ2v) is 9.30. The highest BCUT2D eigenvalue weighted by atomic mass is 16.2. The molecule has 2 aliphatic rings. The molecule has 0 spiro atoms. The van der Waals surface area contributed by atoms with Gasteiger partial charge in [0.05, 0.1) is 6.20 Å². The average molecular weight is 458 g/mol. The molecule has 3 heterocycles. The fourth-order valence-electron chi connectivity index (χ4n) is 5.06. The monoisotopic (exact) mass is 457 g/mol. The number of likely N-dealkylation sites (tertiary alicyclic amines) is 2. The summed E-state index contributed by atoms with van der Waals surface area (Å²) >= 11 is 0. The lowest BCUT2D eigenvalue weighted by molar-refractivity contribution is 0.0724. The van der Waals surface area contributed by atoms with Crippen molar-refractivity contribution in [3.8, 4) is 11.3 Å². The lowest BCUT2D eigenvalue weighted by Crippen LogP contribution is -2.46. The van der Waals surface area contributed by atoms with Crippen LogP contribution in [0.15, 0.2) is 60.8 Å². The minimum Gasteiger partial charge on any atom is -0.339 e. The fraction of sp³-hybridized carbons (Fsp3) is 0.407. The summed E-state index contributed by atoms with van der Waals surface area (Å²) < 4.78 is 1.35. The summed E-state index contributed by atoms with van der Waals surface area (Å²) in [5.41, 5.74) is 3.28. The van der Waals surface area contributed by atoms with E-state index in [9.17, 15) is 9.59 Å². The van der Waals surface area contributed by atoms with Gasteiger partial charge in [-0.3, -0.25) is 4.79 Å². The third kappa shape index (κ3) is 4.88. The molecular weight excluding hydrogens is 426 g/mol. The van der Waals surface area contributed by atoms with Crippen molar-refractivity contribution < 1.29 is 9.59 Å². The first-order valence-corrected chi connectivity index (χ1v) is 12.4. The zero-order chi connectivity index (χ0) is 23.3. The van der Waals surface area contributed by atoms with E-state index in [1.54, 1.807) is 6.20 Å². The Kier molecular flexibility index (Phi) is 6.70. The minimum absolute atomic E-state index is 0.0575. The fourth-order valence-corrected chi connectivity index (χ4v) is 5.06. The van der Waals surface area contributed by atoms with Gasteiger partial charge < -0.3 is 9.80 Å². The van der Waals surface area contributed by atoms with E-state index in [-0.39, 0.29) is 18.0 Å². The van der Waals surface area contributed by atoms with Crippen molar-refractivity contribution in [3.05, 3.63) is 71.9 Å². The molecular formula is C27H31N5O2. The smallest absolute Gasteiger partial charge is 0.339 e. The normalized spacial score (nSPS) is 18.6. The molecule has 2 amide bonds. The van der Waals surface area contributed by atoms with E-state index in [4.69, 9.17) is 0 Å². The average Bonchev–Trinajstić information content (AvgIpc) is 3.40. The van der Waals surface area contributed by atoms with Gasteiger partial charge in [-0.25, -0.2) is 4.79 Å². The SMILES string of the molecule is O=C(c1cccc(-c2cn(C(=O)N3CCCCC3Cc3ccccc3)nn2)c1)N1CCCCC1. The summed E-state index contributed by atoms with van der Waals surface area (Å²) in [6, 6.07) is 17.8. The number of rotatable bonds is 4. The van der Waals surface area contributed by atoms with Crippen LogP contribution in [0.4, 0.5) is 4.79 Å². The van der Waals surface area contributed by atoms with Crippen LogP contribution in [-0.4, -0.2) is 62.4 Å². The van der Waals surface area contributed by atoms with Crippen LogP contribution in [0.25, 0.3) is 11.3 Å². The summed E-state index contributed by atoms with van der Waals surface area (Å²) in [5, 5.41) is 8.42. The topological polar surface area (TPSA) is 71.3 Å². The second kappa shape index (κ2) is 10.2. The molecule has 5 rings (SSSR count). The number of amides is 2. The van der Waals surface area contributed by atoms with Gasteiger partial charge in [0, 0.05) is 36.8 Å². The first kappa shape index (κ1) is 22.3. The summed E-state index contributed by atoms with van der Waals surface area (Å²) in [7, 11) is 0. The van der Waals surface area contributed by atoms with Gasteiger partial charge >= 0.3 is 6.03 Å². The number of hydrogen-bond acceptors (Lipinski definition) is 4. The number of aromatic nitrogens is 3. The van der Waals surface area contributed by atoms with E-state index in [0.29, 0.717) is 11.3 Å². The molecule has 2 saturated heterocycles. The zero-order valence-electron chi connectivity index (χ0n) is 19.5. The number of carbonyl (C=O) groups is 2. The number of benzene rings is 2. The summed E-state index contributed by atoms with van der Waals surface area (Å²) in [4.78, 5) is 30.1. The van der Waals surface area contributed by atoms with E-state index >= 15 is 0 Å². The lowest BCUT2D eigenvalue weighted by Gasteiger charge is -2.35. The number of piperidine rings is 2. The highest BCUT2D eigenvalue weighted by Crippen LogP contribution is 2.23. The van der Waals surface area contributed by atoms with Gasteiger partial charge in [-0.1, -0.05) is 47.7 Å². The lowest BCUT2D eigenvalue weighted by atomic mass is 9.96. The van der Waals surface area contributed by atoms with Crippen molar-refractivity contribution in [1.29, 1.82) is 0 Å². The van der Waals surface area contributed by atoms with E-state index < -0.39 is 0 Å². The van der Waals surface area contributed by atoms with Gasteiger partial charge in [0.15, 0.2) is 0 Å². The highest BCUT2D eigenvalue weighted by Gasteiger charge is 2.29. The Hall–Kier alpha value is -3.48. The van der Waals surface area contributed by atoms with Gasteiger partial charge in [0.25, 0.3) is 5.91 Å². The molecule has 2 aromatic carbocycles. The van der Waals surface area contributed by atoms with Crippen LogP contribution >= 0.6 is 0 Å². The predicted molar refractivity (Wildman–Crippen MR) is 130 cm³/mol. The van der Waals surface area contributed by atoms with E-state index in [1.807, 2.05) is 52.3 Å². The molecule has 0 radical (unpaired) electrons. The van der Waals surface area contributed by atoms with Crippen LogP contribution < -0.4 is 0 Å².